The molecule has 1 unspecified atom stereocenters. The molecule has 1 aliphatic rings. The Hall–Kier alpha value is -2.97. The van der Waals surface area contributed by atoms with Gasteiger partial charge in [0, 0.05) is 31.8 Å². The third-order valence-electron chi connectivity index (χ3n) is 4.50. The highest BCUT2D eigenvalue weighted by Crippen LogP contribution is 2.24. The van der Waals surface area contributed by atoms with E-state index >= 15 is 0 Å². The molecule has 28 heavy (non-hydrogen) atoms. The van der Waals surface area contributed by atoms with Crippen LogP contribution in [-0.4, -0.2) is 46.2 Å². The van der Waals surface area contributed by atoms with E-state index in [2.05, 4.69) is 20.2 Å². The molecule has 1 fully saturated rings. The number of amides is 1. The molecule has 2 aromatic rings. The van der Waals surface area contributed by atoms with Crippen molar-refractivity contribution in [2.75, 3.05) is 24.5 Å². The number of aromatic nitrogens is 2. The van der Waals surface area contributed by atoms with Gasteiger partial charge >= 0.3 is 6.09 Å². The molecule has 2 heterocycles. The summed E-state index contributed by atoms with van der Waals surface area (Å²) in [5, 5.41) is 13.7. The van der Waals surface area contributed by atoms with E-state index in [-0.39, 0.29) is 11.6 Å². The van der Waals surface area contributed by atoms with Crippen LogP contribution in [0.4, 0.5) is 16.3 Å². The number of nitro benzene ring substituents is 1. The quantitative estimate of drug-likeness (QED) is 0.633. The third kappa shape index (κ3) is 5.05. The molecule has 0 bridgehead atoms. The Bertz CT molecular complexity index is 880. The fourth-order valence-corrected chi connectivity index (χ4v) is 3.24. The fraction of sp³-hybridized carbons (Fsp3) is 0.526. The van der Waals surface area contributed by atoms with Gasteiger partial charge in [-0.15, -0.1) is 0 Å². The first-order valence-electron chi connectivity index (χ1n) is 9.34. The standard InChI is InChI=1S/C19H25N5O4/c1-19(2,3)28-18(25)21-10-13-5-4-8-23(12-13)17-11-20-16-9-14(24(26)27)6-7-15(16)22-17/h6-7,9,11,13H,4-5,8,10,12H2,1-3H3,(H,21,25). The maximum absolute atomic E-state index is 11.9. The number of carbonyl (C=O) groups excluding carboxylic acids is 1. The van der Waals surface area contributed by atoms with Crippen LogP contribution in [0.2, 0.25) is 0 Å². The third-order valence-corrected chi connectivity index (χ3v) is 4.50. The van der Waals surface area contributed by atoms with Gasteiger partial charge in [-0.25, -0.2) is 9.78 Å². The van der Waals surface area contributed by atoms with Crippen molar-refractivity contribution in [3.05, 3.63) is 34.5 Å². The lowest BCUT2D eigenvalue weighted by atomic mass is 9.98. The van der Waals surface area contributed by atoms with Crippen molar-refractivity contribution in [1.82, 2.24) is 15.3 Å². The topological polar surface area (TPSA) is 110 Å². The molecule has 9 nitrogen and oxygen atoms in total. The van der Waals surface area contributed by atoms with E-state index in [0.29, 0.717) is 17.6 Å². The summed E-state index contributed by atoms with van der Waals surface area (Å²) in [6.45, 7) is 7.66. The summed E-state index contributed by atoms with van der Waals surface area (Å²) >= 11 is 0. The summed E-state index contributed by atoms with van der Waals surface area (Å²) in [7, 11) is 0. The van der Waals surface area contributed by atoms with Gasteiger partial charge in [-0.3, -0.25) is 15.1 Å². The number of hydrogen-bond donors (Lipinski definition) is 1. The van der Waals surface area contributed by atoms with E-state index < -0.39 is 16.6 Å². The number of non-ortho nitro benzene ring substituents is 1. The van der Waals surface area contributed by atoms with E-state index in [4.69, 9.17) is 4.74 Å². The largest absolute Gasteiger partial charge is 0.444 e. The van der Waals surface area contributed by atoms with Gasteiger partial charge in [0.15, 0.2) is 0 Å². The molecule has 150 valence electrons. The molecule has 0 aliphatic carbocycles. The molecule has 1 aromatic heterocycles. The van der Waals surface area contributed by atoms with E-state index in [0.717, 1.165) is 31.7 Å². The number of nitro groups is 1. The van der Waals surface area contributed by atoms with Gasteiger partial charge in [-0.05, 0) is 45.6 Å². The van der Waals surface area contributed by atoms with Crippen LogP contribution in [0, 0.1) is 16.0 Å². The van der Waals surface area contributed by atoms with Crippen molar-refractivity contribution in [1.29, 1.82) is 0 Å². The fourth-order valence-electron chi connectivity index (χ4n) is 3.24. The Morgan fingerprint density at radius 3 is 2.89 bits per heavy atom. The van der Waals surface area contributed by atoms with Gasteiger partial charge < -0.3 is 15.0 Å². The molecular formula is C19H25N5O4. The molecule has 0 radical (unpaired) electrons. The van der Waals surface area contributed by atoms with Crippen molar-refractivity contribution in [2.45, 2.75) is 39.2 Å². The zero-order chi connectivity index (χ0) is 20.3. The minimum absolute atomic E-state index is 0.000744. The van der Waals surface area contributed by atoms with Gasteiger partial charge in [0.05, 0.1) is 22.2 Å². The number of fused-ring (bicyclic) bond motifs is 1. The molecule has 0 saturated carbocycles. The van der Waals surface area contributed by atoms with Crippen LogP contribution < -0.4 is 10.2 Å². The van der Waals surface area contributed by atoms with Crippen molar-refractivity contribution >= 4 is 28.6 Å². The molecule has 1 aliphatic heterocycles. The molecule has 9 heteroatoms. The Morgan fingerprint density at radius 2 is 2.18 bits per heavy atom. The molecule has 3 rings (SSSR count). The van der Waals surface area contributed by atoms with Crippen molar-refractivity contribution in [2.24, 2.45) is 5.92 Å². The number of piperidine rings is 1. The Balaban J connectivity index is 1.64. The summed E-state index contributed by atoms with van der Waals surface area (Å²) in [6.07, 6.45) is 3.24. The van der Waals surface area contributed by atoms with E-state index in [1.54, 1.807) is 12.3 Å². The van der Waals surface area contributed by atoms with E-state index in [9.17, 15) is 14.9 Å². The average Bonchev–Trinajstić information content (AvgIpc) is 2.64. The second-order valence-electron chi connectivity index (χ2n) is 8.00. The van der Waals surface area contributed by atoms with Crippen LogP contribution in [0.15, 0.2) is 24.4 Å². The minimum atomic E-state index is -0.515. The summed E-state index contributed by atoms with van der Waals surface area (Å²) in [5.41, 5.74) is 0.606. The molecule has 1 N–H and O–H groups in total. The number of anilines is 1. The predicted octanol–water partition coefficient (Wildman–Crippen LogP) is 3.28. The van der Waals surface area contributed by atoms with Crippen LogP contribution in [0.3, 0.4) is 0 Å². The number of nitrogens with zero attached hydrogens (tertiary/aromatic N) is 4. The minimum Gasteiger partial charge on any atom is -0.444 e. The van der Waals surface area contributed by atoms with Crippen LogP contribution in [0.25, 0.3) is 11.0 Å². The monoisotopic (exact) mass is 387 g/mol. The van der Waals surface area contributed by atoms with Gasteiger partial charge in [-0.1, -0.05) is 0 Å². The number of nitrogens with one attached hydrogen (secondary N) is 1. The Morgan fingerprint density at radius 1 is 1.39 bits per heavy atom. The first-order valence-corrected chi connectivity index (χ1v) is 9.34. The van der Waals surface area contributed by atoms with E-state index in [1.807, 2.05) is 20.8 Å². The lowest BCUT2D eigenvalue weighted by molar-refractivity contribution is -0.384. The van der Waals surface area contributed by atoms with Crippen molar-refractivity contribution in [3.63, 3.8) is 0 Å². The van der Waals surface area contributed by atoms with Crippen LogP contribution in [0.5, 0.6) is 0 Å². The lowest BCUT2D eigenvalue weighted by Gasteiger charge is -2.33. The summed E-state index contributed by atoms with van der Waals surface area (Å²) in [6, 6.07) is 4.48. The smallest absolute Gasteiger partial charge is 0.407 e. The zero-order valence-electron chi connectivity index (χ0n) is 16.3. The van der Waals surface area contributed by atoms with Crippen molar-refractivity contribution in [3.8, 4) is 0 Å². The maximum Gasteiger partial charge on any atom is 0.407 e. The highest BCUT2D eigenvalue weighted by atomic mass is 16.6. The highest BCUT2D eigenvalue weighted by molar-refractivity contribution is 5.78. The molecular weight excluding hydrogens is 362 g/mol. The number of carbonyl (C=O) groups is 1. The SMILES string of the molecule is CC(C)(C)OC(=O)NCC1CCCN(c2cnc3cc([N+](=O)[O-])ccc3n2)C1. The molecule has 1 aromatic carbocycles. The van der Waals surface area contributed by atoms with Gasteiger partial charge in [0.25, 0.3) is 5.69 Å². The first kappa shape index (κ1) is 19.8. The number of rotatable bonds is 4. The summed E-state index contributed by atoms with van der Waals surface area (Å²) in [4.78, 5) is 33.4. The van der Waals surface area contributed by atoms with Gasteiger partial charge in [0.2, 0.25) is 0 Å². The van der Waals surface area contributed by atoms with Crippen LogP contribution >= 0.6 is 0 Å². The number of alkyl carbamates (subject to hydrolysis) is 1. The molecule has 1 atom stereocenters. The van der Waals surface area contributed by atoms with Gasteiger partial charge in [-0.2, -0.15) is 0 Å². The average molecular weight is 387 g/mol. The normalized spacial score (nSPS) is 17.4. The lowest BCUT2D eigenvalue weighted by Crippen LogP contribution is -2.42. The second kappa shape index (κ2) is 7.95. The zero-order valence-corrected chi connectivity index (χ0v) is 16.3. The molecule has 1 saturated heterocycles. The van der Waals surface area contributed by atoms with E-state index in [1.165, 1.54) is 12.1 Å². The van der Waals surface area contributed by atoms with Crippen LogP contribution in [-0.2, 0) is 4.74 Å². The maximum atomic E-state index is 11.9. The predicted molar refractivity (Wildman–Crippen MR) is 105 cm³/mol. The number of hydrogen-bond acceptors (Lipinski definition) is 7. The summed E-state index contributed by atoms with van der Waals surface area (Å²) in [5.74, 6) is 1.03. The number of ether oxygens (including phenoxy) is 1. The Labute approximate surface area is 163 Å². The summed E-state index contributed by atoms with van der Waals surface area (Å²) < 4.78 is 5.28. The molecule has 0 spiro atoms. The number of benzene rings is 1. The Kier molecular flexibility index (Phi) is 5.62. The first-order chi connectivity index (χ1) is 13.2. The second-order valence-corrected chi connectivity index (χ2v) is 8.00. The van der Waals surface area contributed by atoms with Gasteiger partial charge in [0.1, 0.15) is 11.4 Å². The van der Waals surface area contributed by atoms with Crippen molar-refractivity contribution < 1.29 is 14.5 Å². The molecule has 1 amide bonds. The highest BCUT2D eigenvalue weighted by Gasteiger charge is 2.23. The van der Waals surface area contributed by atoms with Crippen LogP contribution in [0.1, 0.15) is 33.6 Å².